The van der Waals surface area contributed by atoms with Gasteiger partial charge in [0.2, 0.25) is 0 Å². The average molecular weight is 215 g/mol. The molecular formula is C11H21NO3. The lowest BCUT2D eigenvalue weighted by Crippen LogP contribution is -2.49. The minimum absolute atomic E-state index is 0.223. The van der Waals surface area contributed by atoms with E-state index in [-0.39, 0.29) is 12.1 Å². The van der Waals surface area contributed by atoms with Crippen molar-refractivity contribution in [3.63, 3.8) is 0 Å². The van der Waals surface area contributed by atoms with Crippen molar-refractivity contribution in [2.75, 3.05) is 13.2 Å². The summed E-state index contributed by atoms with van der Waals surface area (Å²) in [7, 11) is 0. The molecule has 1 saturated carbocycles. The fourth-order valence-electron chi connectivity index (χ4n) is 1.48. The third kappa shape index (κ3) is 3.47. The zero-order chi connectivity index (χ0) is 11.5. The standard InChI is InChI=1S/C11H21NO3/c1-4-14-7-8(2)15-10(13)11(3,12)9-5-6-9/h8-9H,4-7,12H2,1-3H3. The molecule has 88 valence electrons. The molecule has 1 aliphatic carbocycles. The quantitative estimate of drug-likeness (QED) is 0.673. The van der Waals surface area contributed by atoms with Crippen LogP contribution in [0.2, 0.25) is 0 Å². The molecule has 0 aromatic heterocycles. The Morgan fingerprint density at radius 1 is 1.60 bits per heavy atom. The van der Waals surface area contributed by atoms with E-state index in [0.717, 1.165) is 12.8 Å². The minimum atomic E-state index is -0.819. The molecule has 0 heterocycles. The van der Waals surface area contributed by atoms with Gasteiger partial charge in [0.1, 0.15) is 11.6 Å². The van der Waals surface area contributed by atoms with Gasteiger partial charge in [-0.25, -0.2) is 0 Å². The van der Waals surface area contributed by atoms with Crippen molar-refractivity contribution in [1.82, 2.24) is 0 Å². The summed E-state index contributed by atoms with van der Waals surface area (Å²) >= 11 is 0. The number of ether oxygens (including phenoxy) is 2. The van der Waals surface area contributed by atoms with Crippen LogP contribution in [0.3, 0.4) is 0 Å². The largest absolute Gasteiger partial charge is 0.459 e. The van der Waals surface area contributed by atoms with Crippen molar-refractivity contribution in [2.24, 2.45) is 11.7 Å². The van der Waals surface area contributed by atoms with Gasteiger partial charge in [0.25, 0.3) is 0 Å². The highest BCUT2D eigenvalue weighted by atomic mass is 16.6. The summed E-state index contributed by atoms with van der Waals surface area (Å²) in [6.45, 7) is 6.54. The van der Waals surface area contributed by atoms with Crippen molar-refractivity contribution in [3.8, 4) is 0 Å². The first-order chi connectivity index (χ1) is 6.98. The Balaban J connectivity index is 2.33. The maximum atomic E-state index is 11.7. The number of hydrogen-bond acceptors (Lipinski definition) is 4. The van der Waals surface area contributed by atoms with Crippen LogP contribution in [0.1, 0.15) is 33.6 Å². The lowest BCUT2D eigenvalue weighted by atomic mass is 9.98. The Kier molecular flexibility index (Phi) is 4.11. The van der Waals surface area contributed by atoms with Crippen molar-refractivity contribution in [2.45, 2.75) is 45.3 Å². The van der Waals surface area contributed by atoms with E-state index in [0.29, 0.717) is 19.1 Å². The van der Waals surface area contributed by atoms with Crippen LogP contribution in [0.5, 0.6) is 0 Å². The molecule has 0 radical (unpaired) electrons. The predicted octanol–water partition coefficient (Wildman–Crippen LogP) is 1.08. The van der Waals surface area contributed by atoms with Crippen LogP contribution in [0.25, 0.3) is 0 Å². The summed E-state index contributed by atoms with van der Waals surface area (Å²) in [5.41, 5.74) is 5.11. The minimum Gasteiger partial charge on any atom is -0.459 e. The Labute approximate surface area is 91.1 Å². The van der Waals surface area contributed by atoms with Crippen molar-refractivity contribution >= 4 is 5.97 Å². The first kappa shape index (κ1) is 12.5. The second-order valence-corrected chi connectivity index (χ2v) is 4.43. The lowest BCUT2D eigenvalue weighted by Gasteiger charge is -2.24. The SMILES string of the molecule is CCOCC(C)OC(=O)C(C)(N)C1CC1. The van der Waals surface area contributed by atoms with Crippen molar-refractivity contribution < 1.29 is 14.3 Å². The van der Waals surface area contributed by atoms with Crippen LogP contribution >= 0.6 is 0 Å². The van der Waals surface area contributed by atoms with Crippen molar-refractivity contribution in [3.05, 3.63) is 0 Å². The molecule has 0 aliphatic heterocycles. The highest BCUT2D eigenvalue weighted by Gasteiger charge is 2.45. The smallest absolute Gasteiger partial charge is 0.326 e. The van der Waals surface area contributed by atoms with Gasteiger partial charge in [-0.15, -0.1) is 0 Å². The molecule has 0 spiro atoms. The lowest BCUT2D eigenvalue weighted by molar-refractivity contribution is -0.157. The van der Waals surface area contributed by atoms with E-state index >= 15 is 0 Å². The summed E-state index contributed by atoms with van der Waals surface area (Å²) in [6, 6.07) is 0. The summed E-state index contributed by atoms with van der Waals surface area (Å²) in [6.07, 6.45) is 1.84. The first-order valence-corrected chi connectivity index (χ1v) is 5.56. The van der Waals surface area contributed by atoms with Gasteiger partial charge in [0.05, 0.1) is 6.61 Å². The van der Waals surface area contributed by atoms with E-state index in [4.69, 9.17) is 15.2 Å². The van der Waals surface area contributed by atoms with Crippen LogP contribution in [0, 0.1) is 5.92 Å². The number of nitrogens with two attached hydrogens (primary N) is 1. The van der Waals surface area contributed by atoms with E-state index < -0.39 is 5.54 Å². The summed E-state index contributed by atoms with van der Waals surface area (Å²) in [5, 5.41) is 0. The predicted molar refractivity (Wildman–Crippen MR) is 57.4 cm³/mol. The normalized spacial score (nSPS) is 21.9. The second kappa shape index (κ2) is 4.94. The summed E-state index contributed by atoms with van der Waals surface area (Å²) < 4.78 is 10.4. The van der Waals surface area contributed by atoms with Gasteiger partial charge in [-0.3, -0.25) is 4.79 Å². The van der Waals surface area contributed by atoms with Crippen LogP contribution in [-0.2, 0) is 14.3 Å². The van der Waals surface area contributed by atoms with Crippen LogP contribution in [0.15, 0.2) is 0 Å². The topological polar surface area (TPSA) is 61.5 Å². The number of esters is 1. The molecule has 15 heavy (non-hydrogen) atoms. The fourth-order valence-corrected chi connectivity index (χ4v) is 1.48. The highest BCUT2D eigenvalue weighted by molar-refractivity contribution is 5.81. The Bertz CT molecular complexity index is 224. The molecule has 1 rings (SSSR count). The molecule has 1 aliphatic rings. The van der Waals surface area contributed by atoms with Crippen LogP contribution in [-0.4, -0.2) is 30.8 Å². The Morgan fingerprint density at radius 2 is 2.20 bits per heavy atom. The van der Waals surface area contributed by atoms with Gasteiger partial charge < -0.3 is 15.2 Å². The number of hydrogen-bond donors (Lipinski definition) is 1. The molecule has 2 N–H and O–H groups in total. The van der Waals surface area contributed by atoms with Gasteiger partial charge >= 0.3 is 5.97 Å². The fraction of sp³-hybridized carbons (Fsp3) is 0.909. The van der Waals surface area contributed by atoms with Crippen LogP contribution < -0.4 is 5.73 Å². The molecule has 0 bridgehead atoms. The van der Waals surface area contributed by atoms with Crippen molar-refractivity contribution in [1.29, 1.82) is 0 Å². The third-order valence-corrected chi connectivity index (χ3v) is 2.73. The highest BCUT2D eigenvalue weighted by Crippen LogP contribution is 2.38. The maximum Gasteiger partial charge on any atom is 0.326 e. The van der Waals surface area contributed by atoms with Gasteiger partial charge in [-0.2, -0.15) is 0 Å². The number of carbonyl (C=O) groups excluding carboxylic acids is 1. The van der Waals surface area contributed by atoms with Crippen LogP contribution in [0.4, 0.5) is 0 Å². The molecule has 2 atom stereocenters. The Morgan fingerprint density at radius 3 is 2.67 bits per heavy atom. The van der Waals surface area contributed by atoms with Gasteiger partial charge in [-0.1, -0.05) is 0 Å². The summed E-state index contributed by atoms with van der Waals surface area (Å²) in [5.74, 6) is -0.0125. The average Bonchev–Trinajstić information content (AvgIpc) is 2.97. The van der Waals surface area contributed by atoms with Gasteiger partial charge in [0, 0.05) is 6.61 Å². The van der Waals surface area contributed by atoms with E-state index in [9.17, 15) is 4.79 Å². The van der Waals surface area contributed by atoms with Gasteiger partial charge in [-0.05, 0) is 39.5 Å². The summed E-state index contributed by atoms with van der Waals surface area (Å²) in [4.78, 5) is 11.7. The molecule has 0 aromatic carbocycles. The monoisotopic (exact) mass is 215 g/mol. The third-order valence-electron chi connectivity index (χ3n) is 2.73. The number of rotatable bonds is 6. The molecular weight excluding hydrogens is 194 g/mol. The molecule has 4 nitrogen and oxygen atoms in total. The molecule has 2 unspecified atom stereocenters. The molecule has 0 saturated heterocycles. The zero-order valence-electron chi connectivity index (χ0n) is 9.79. The molecule has 0 aromatic rings. The van der Waals surface area contributed by atoms with E-state index in [1.807, 2.05) is 13.8 Å². The van der Waals surface area contributed by atoms with Gasteiger partial charge in [0.15, 0.2) is 0 Å². The molecule has 1 fully saturated rings. The van der Waals surface area contributed by atoms with E-state index in [2.05, 4.69) is 0 Å². The number of carbonyl (C=O) groups is 1. The first-order valence-electron chi connectivity index (χ1n) is 5.56. The zero-order valence-corrected chi connectivity index (χ0v) is 9.79. The Hall–Kier alpha value is -0.610. The molecule has 0 amide bonds. The maximum absolute atomic E-state index is 11.7. The molecule has 4 heteroatoms. The second-order valence-electron chi connectivity index (χ2n) is 4.43. The van der Waals surface area contributed by atoms with E-state index in [1.54, 1.807) is 6.92 Å². The van der Waals surface area contributed by atoms with E-state index in [1.165, 1.54) is 0 Å².